The van der Waals surface area contributed by atoms with E-state index in [0.717, 1.165) is 0 Å². The molecule has 0 N–H and O–H groups in total. The van der Waals surface area contributed by atoms with Crippen molar-refractivity contribution in [3.63, 3.8) is 0 Å². The molecule has 0 aromatic heterocycles. The van der Waals surface area contributed by atoms with Gasteiger partial charge in [0.25, 0.3) is 0 Å². The highest BCUT2D eigenvalue weighted by molar-refractivity contribution is 6.31. The van der Waals surface area contributed by atoms with Gasteiger partial charge >= 0.3 is 0 Å². The van der Waals surface area contributed by atoms with Crippen molar-refractivity contribution in [3.8, 4) is 0 Å². The van der Waals surface area contributed by atoms with Crippen LogP contribution in [0.15, 0.2) is 12.1 Å². The van der Waals surface area contributed by atoms with Crippen LogP contribution >= 0.6 is 23.2 Å². The molecule has 0 aliphatic carbocycles. The molecule has 0 aliphatic heterocycles. The average molecular weight is 207 g/mol. The third-order valence-electron chi connectivity index (χ3n) is 1.76. The molecule has 0 unspecified atom stereocenters. The summed E-state index contributed by atoms with van der Waals surface area (Å²) in [6, 6.07) is 3.37. The zero-order valence-electron chi connectivity index (χ0n) is 6.70. The first-order valence-electron chi connectivity index (χ1n) is 3.66. The van der Waals surface area contributed by atoms with Crippen molar-refractivity contribution in [1.29, 1.82) is 0 Å². The second-order valence-electron chi connectivity index (χ2n) is 2.58. The van der Waals surface area contributed by atoms with Crippen LogP contribution in [0.4, 0.5) is 4.39 Å². The van der Waals surface area contributed by atoms with Crippen LogP contribution in [0.3, 0.4) is 0 Å². The predicted octanol–water partition coefficient (Wildman–Crippen LogP) is 3.57. The van der Waals surface area contributed by atoms with E-state index in [1.165, 1.54) is 0 Å². The average Bonchev–Trinajstić information content (AvgIpc) is 2.07. The number of aryl methyl sites for hydroxylation is 1. The highest BCUT2D eigenvalue weighted by Gasteiger charge is 2.07. The van der Waals surface area contributed by atoms with Crippen LogP contribution in [0.25, 0.3) is 0 Å². The van der Waals surface area contributed by atoms with Crippen molar-refractivity contribution in [2.75, 3.05) is 5.88 Å². The first-order chi connectivity index (χ1) is 5.66. The van der Waals surface area contributed by atoms with Gasteiger partial charge in [0.15, 0.2) is 0 Å². The van der Waals surface area contributed by atoms with Gasteiger partial charge in [-0.15, -0.1) is 11.6 Å². The summed E-state index contributed by atoms with van der Waals surface area (Å²) in [5.74, 6) is 0.195. The van der Waals surface area contributed by atoms with Gasteiger partial charge in [-0.05, 0) is 25.0 Å². The Labute approximate surface area is 81.3 Å². The van der Waals surface area contributed by atoms with E-state index in [1.807, 2.05) is 0 Å². The maximum atomic E-state index is 13.3. The van der Waals surface area contributed by atoms with Gasteiger partial charge in [0.1, 0.15) is 5.82 Å². The molecular weight excluding hydrogens is 198 g/mol. The lowest BCUT2D eigenvalue weighted by molar-refractivity contribution is 0.603. The molecule has 1 rings (SSSR count). The maximum Gasteiger partial charge on any atom is 0.130 e. The number of halogens is 3. The van der Waals surface area contributed by atoms with E-state index in [0.29, 0.717) is 28.5 Å². The highest BCUT2D eigenvalue weighted by Crippen LogP contribution is 2.21. The van der Waals surface area contributed by atoms with Crippen molar-refractivity contribution >= 4 is 23.2 Å². The van der Waals surface area contributed by atoms with Crippen LogP contribution in [-0.4, -0.2) is 5.88 Å². The predicted molar refractivity (Wildman–Crippen MR) is 50.6 cm³/mol. The Hall–Kier alpha value is -0.270. The minimum atomic E-state index is -0.233. The molecule has 0 saturated heterocycles. The van der Waals surface area contributed by atoms with Crippen LogP contribution in [0.2, 0.25) is 5.02 Å². The standard InChI is InChI=1S/C9H9Cl2F/c1-6-8(11)3-2-7(4-5-10)9(6)12/h2-3H,4-5H2,1H3. The first-order valence-corrected chi connectivity index (χ1v) is 4.57. The van der Waals surface area contributed by atoms with Crippen LogP contribution in [0.1, 0.15) is 11.1 Å². The summed E-state index contributed by atoms with van der Waals surface area (Å²) >= 11 is 11.2. The molecule has 1 aromatic rings. The summed E-state index contributed by atoms with van der Waals surface area (Å²) in [6.45, 7) is 1.66. The minimum Gasteiger partial charge on any atom is -0.206 e. The zero-order valence-corrected chi connectivity index (χ0v) is 8.21. The Balaban J connectivity index is 3.08. The molecule has 0 heterocycles. The summed E-state index contributed by atoms with van der Waals surface area (Å²) in [7, 11) is 0. The Morgan fingerprint density at radius 3 is 2.67 bits per heavy atom. The van der Waals surface area contributed by atoms with Gasteiger partial charge in [-0.25, -0.2) is 4.39 Å². The highest BCUT2D eigenvalue weighted by atomic mass is 35.5. The Morgan fingerprint density at radius 1 is 1.42 bits per heavy atom. The lowest BCUT2D eigenvalue weighted by Gasteiger charge is -2.04. The smallest absolute Gasteiger partial charge is 0.130 e. The Kier molecular flexibility index (Phi) is 3.36. The SMILES string of the molecule is Cc1c(Cl)ccc(CCCl)c1F. The van der Waals surface area contributed by atoms with Crippen LogP contribution < -0.4 is 0 Å². The molecule has 66 valence electrons. The fourth-order valence-electron chi connectivity index (χ4n) is 1.01. The molecule has 0 bridgehead atoms. The second kappa shape index (κ2) is 4.11. The van der Waals surface area contributed by atoms with Gasteiger partial charge in [0, 0.05) is 16.5 Å². The lowest BCUT2D eigenvalue weighted by atomic mass is 10.1. The van der Waals surface area contributed by atoms with E-state index in [1.54, 1.807) is 19.1 Å². The lowest BCUT2D eigenvalue weighted by Crippen LogP contribution is -1.94. The molecule has 0 fully saturated rings. The van der Waals surface area contributed by atoms with Gasteiger partial charge in [-0.2, -0.15) is 0 Å². The van der Waals surface area contributed by atoms with Gasteiger partial charge in [-0.1, -0.05) is 17.7 Å². The topological polar surface area (TPSA) is 0 Å². The van der Waals surface area contributed by atoms with Gasteiger partial charge in [0.05, 0.1) is 0 Å². The molecule has 0 saturated carbocycles. The summed E-state index contributed by atoms with van der Waals surface area (Å²) in [5, 5.41) is 0.464. The largest absolute Gasteiger partial charge is 0.206 e. The monoisotopic (exact) mass is 206 g/mol. The van der Waals surface area contributed by atoms with Gasteiger partial charge < -0.3 is 0 Å². The normalized spacial score (nSPS) is 10.3. The molecule has 3 heteroatoms. The zero-order chi connectivity index (χ0) is 9.14. The van der Waals surface area contributed by atoms with Crippen molar-refractivity contribution in [3.05, 3.63) is 34.1 Å². The molecule has 0 aliphatic rings. The Bertz CT molecular complexity index is 284. The van der Waals surface area contributed by atoms with Crippen LogP contribution in [0, 0.1) is 12.7 Å². The third-order valence-corrected chi connectivity index (χ3v) is 2.36. The van der Waals surface area contributed by atoms with Crippen molar-refractivity contribution in [2.24, 2.45) is 0 Å². The van der Waals surface area contributed by atoms with Crippen LogP contribution in [0.5, 0.6) is 0 Å². The van der Waals surface area contributed by atoms with Gasteiger partial charge in [0.2, 0.25) is 0 Å². The Morgan fingerprint density at radius 2 is 2.08 bits per heavy atom. The summed E-state index contributed by atoms with van der Waals surface area (Å²) in [5.41, 5.74) is 1.13. The molecule has 0 nitrogen and oxygen atoms in total. The molecule has 0 radical (unpaired) electrons. The molecule has 1 aromatic carbocycles. The summed E-state index contributed by atoms with van der Waals surface area (Å²) < 4.78 is 13.3. The second-order valence-corrected chi connectivity index (χ2v) is 3.37. The maximum absolute atomic E-state index is 13.3. The summed E-state index contributed by atoms with van der Waals surface area (Å²) in [4.78, 5) is 0. The molecule has 0 spiro atoms. The molecule has 0 atom stereocenters. The number of benzene rings is 1. The number of rotatable bonds is 2. The fourth-order valence-corrected chi connectivity index (χ4v) is 1.36. The summed E-state index contributed by atoms with van der Waals surface area (Å²) in [6.07, 6.45) is 0.547. The van der Waals surface area contributed by atoms with E-state index in [-0.39, 0.29) is 5.82 Å². The quantitative estimate of drug-likeness (QED) is 0.650. The van der Waals surface area contributed by atoms with E-state index >= 15 is 0 Å². The van der Waals surface area contributed by atoms with E-state index < -0.39 is 0 Å². The van der Waals surface area contributed by atoms with Crippen LogP contribution in [-0.2, 0) is 6.42 Å². The van der Waals surface area contributed by atoms with Crippen molar-refractivity contribution in [2.45, 2.75) is 13.3 Å². The van der Waals surface area contributed by atoms with Crippen molar-refractivity contribution < 1.29 is 4.39 Å². The van der Waals surface area contributed by atoms with E-state index in [4.69, 9.17) is 23.2 Å². The number of hydrogen-bond acceptors (Lipinski definition) is 0. The first kappa shape index (κ1) is 9.82. The fraction of sp³-hybridized carbons (Fsp3) is 0.333. The minimum absolute atomic E-state index is 0.233. The molecular formula is C9H9Cl2F. The van der Waals surface area contributed by atoms with Gasteiger partial charge in [-0.3, -0.25) is 0 Å². The van der Waals surface area contributed by atoms with E-state index in [9.17, 15) is 4.39 Å². The molecule has 0 amide bonds. The van der Waals surface area contributed by atoms with Crippen molar-refractivity contribution in [1.82, 2.24) is 0 Å². The third kappa shape index (κ3) is 1.90. The number of hydrogen-bond donors (Lipinski definition) is 0. The van der Waals surface area contributed by atoms with E-state index in [2.05, 4.69) is 0 Å². The number of alkyl halides is 1. The molecule has 12 heavy (non-hydrogen) atoms.